The highest BCUT2D eigenvalue weighted by Gasteiger charge is 2.30. The normalized spacial score (nSPS) is 11.3. The molecule has 0 unspecified atom stereocenters. The quantitative estimate of drug-likeness (QED) is 0.870. The molecule has 0 bridgehead atoms. The van der Waals surface area contributed by atoms with E-state index in [9.17, 15) is 18.0 Å². The molecule has 0 saturated heterocycles. The Bertz CT molecular complexity index is 665. The van der Waals surface area contributed by atoms with E-state index in [1.165, 1.54) is 23.3 Å². The lowest BCUT2D eigenvalue weighted by Crippen LogP contribution is -2.22. The second-order valence-electron chi connectivity index (χ2n) is 4.64. The fraction of sp³-hybridized carbons (Fsp3) is 0.286. The van der Waals surface area contributed by atoms with Gasteiger partial charge < -0.3 is 14.1 Å². The molecule has 5 nitrogen and oxygen atoms in total. The fourth-order valence-electron chi connectivity index (χ4n) is 1.61. The summed E-state index contributed by atoms with van der Waals surface area (Å²) < 4.78 is 48.0. The highest BCUT2D eigenvalue weighted by Crippen LogP contribution is 2.31. The van der Waals surface area contributed by atoms with Gasteiger partial charge in [0.1, 0.15) is 12.0 Å². The first-order valence-corrected chi connectivity index (χ1v) is 6.23. The van der Waals surface area contributed by atoms with E-state index in [1.807, 2.05) is 0 Å². The van der Waals surface area contributed by atoms with E-state index in [0.29, 0.717) is 0 Å². The molecule has 0 spiro atoms. The van der Waals surface area contributed by atoms with E-state index in [-0.39, 0.29) is 29.8 Å². The molecule has 1 heterocycles. The van der Waals surface area contributed by atoms with Gasteiger partial charge in [0.15, 0.2) is 12.3 Å². The first-order valence-electron chi connectivity index (χ1n) is 6.23. The summed E-state index contributed by atoms with van der Waals surface area (Å²) in [6, 6.07) is 4.47. The molecule has 0 atom stereocenters. The number of amides is 1. The molecule has 1 aromatic heterocycles. The van der Waals surface area contributed by atoms with Crippen molar-refractivity contribution in [3.05, 3.63) is 47.7 Å². The SMILES string of the molecule is CN(C)C(=O)c1coc(COc2cccc(C(F)(F)F)c2)n1. The van der Waals surface area contributed by atoms with Crippen molar-refractivity contribution in [2.24, 2.45) is 0 Å². The first-order chi connectivity index (χ1) is 10.3. The molecule has 0 radical (unpaired) electrons. The molecular weight excluding hydrogens is 301 g/mol. The van der Waals surface area contributed by atoms with Gasteiger partial charge in [0, 0.05) is 14.1 Å². The third-order valence-corrected chi connectivity index (χ3v) is 2.70. The molecular formula is C14H13F3N2O3. The Hall–Kier alpha value is -2.51. The lowest BCUT2D eigenvalue weighted by molar-refractivity contribution is -0.137. The van der Waals surface area contributed by atoms with Crippen molar-refractivity contribution >= 4 is 5.91 Å². The van der Waals surface area contributed by atoms with E-state index >= 15 is 0 Å². The largest absolute Gasteiger partial charge is 0.484 e. The van der Waals surface area contributed by atoms with Gasteiger partial charge >= 0.3 is 6.18 Å². The fourth-order valence-corrected chi connectivity index (χ4v) is 1.61. The molecule has 2 aromatic rings. The van der Waals surface area contributed by atoms with Crippen LogP contribution in [0.25, 0.3) is 0 Å². The Kier molecular flexibility index (Phi) is 4.39. The minimum absolute atomic E-state index is 0.0357. The van der Waals surface area contributed by atoms with Crippen LogP contribution in [0.2, 0.25) is 0 Å². The zero-order valence-electron chi connectivity index (χ0n) is 11.8. The molecule has 1 amide bonds. The van der Waals surface area contributed by atoms with Crippen molar-refractivity contribution in [2.45, 2.75) is 12.8 Å². The van der Waals surface area contributed by atoms with Gasteiger partial charge in [0.05, 0.1) is 5.56 Å². The number of hydrogen-bond acceptors (Lipinski definition) is 4. The Balaban J connectivity index is 2.03. The highest BCUT2D eigenvalue weighted by molar-refractivity contribution is 5.91. The maximum atomic E-state index is 12.6. The number of carbonyl (C=O) groups excluding carboxylic acids is 1. The average Bonchev–Trinajstić information content (AvgIpc) is 2.92. The molecule has 0 aliphatic carbocycles. The number of alkyl halides is 3. The predicted molar refractivity (Wildman–Crippen MR) is 70.3 cm³/mol. The average molecular weight is 314 g/mol. The lowest BCUT2D eigenvalue weighted by atomic mass is 10.2. The minimum Gasteiger partial charge on any atom is -0.484 e. The van der Waals surface area contributed by atoms with Crippen LogP contribution in [-0.4, -0.2) is 29.9 Å². The van der Waals surface area contributed by atoms with Gasteiger partial charge in [-0.1, -0.05) is 6.07 Å². The van der Waals surface area contributed by atoms with Crippen molar-refractivity contribution in [2.75, 3.05) is 14.1 Å². The third kappa shape index (κ3) is 3.78. The second-order valence-corrected chi connectivity index (χ2v) is 4.64. The van der Waals surface area contributed by atoms with Crippen LogP contribution in [0.15, 0.2) is 34.9 Å². The lowest BCUT2D eigenvalue weighted by Gasteiger charge is -2.09. The molecule has 0 saturated carbocycles. The predicted octanol–water partition coefficient (Wildman–Crippen LogP) is 2.97. The standard InChI is InChI=1S/C14H13F3N2O3/c1-19(2)13(20)11-7-22-12(18-11)8-21-10-5-3-4-9(6-10)14(15,16)17/h3-7H,8H2,1-2H3. The van der Waals surface area contributed by atoms with Crippen LogP contribution < -0.4 is 4.74 Å². The summed E-state index contributed by atoms with van der Waals surface area (Å²) >= 11 is 0. The van der Waals surface area contributed by atoms with E-state index in [1.54, 1.807) is 14.1 Å². The summed E-state index contributed by atoms with van der Waals surface area (Å²) in [6.45, 7) is -0.179. The topological polar surface area (TPSA) is 55.6 Å². The molecule has 0 fully saturated rings. The summed E-state index contributed by atoms with van der Waals surface area (Å²) in [5, 5.41) is 0. The van der Waals surface area contributed by atoms with E-state index in [4.69, 9.17) is 9.15 Å². The maximum Gasteiger partial charge on any atom is 0.416 e. The van der Waals surface area contributed by atoms with Gasteiger partial charge in [-0.3, -0.25) is 4.79 Å². The first kappa shape index (κ1) is 15.9. The molecule has 118 valence electrons. The number of rotatable bonds is 4. The highest BCUT2D eigenvalue weighted by atomic mass is 19.4. The Morgan fingerprint density at radius 3 is 2.73 bits per heavy atom. The van der Waals surface area contributed by atoms with Crippen LogP contribution in [0, 0.1) is 0 Å². The summed E-state index contributed by atoms with van der Waals surface area (Å²) in [6.07, 6.45) is -3.26. The van der Waals surface area contributed by atoms with E-state index in [0.717, 1.165) is 12.1 Å². The van der Waals surface area contributed by atoms with Crippen molar-refractivity contribution in [1.29, 1.82) is 0 Å². The number of hydrogen-bond donors (Lipinski definition) is 0. The number of ether oxygens (including phenoxy) is 1. The van der Waals surface area contributed by atoms with Crippen molar-refractivity contribution < 1.29 is 27.1 Å². The molecule has 8 heteroatoms. The number of carbonyl (C=O) groups is 1. The molecule has 22 heavy (non-hydrogen) atoms. The van der Waals surface area contributed by atoms with Crippen LogP contribution in [0.1, 0.15) is 21.9 Å². The van der Waals surface area contributed by atoms with Gasteiger partial charge in [-0.2, -0.15) is 13.2 Å². The Morgan fingerprint density at radius 2 is 2.09 bits per heavy atom. The Labute approximate surface area is 124 Å². The summed E-state index contributed by atoms with van der Waals surface area (Å²) in [5.74, 6) is -0.204. The number of benzene rings is 1. The van der Waals surface area contributed by atoms with Gasteiger partial charge in [-0.25, -0.2) is 4.98 Å². The molecule has 2 rings (SSSR count). The monoisotopic (exact) mass is 314 g/mol. The molecule has 1 aromatic carbocycles. The van der Waals surface area contributed by atoms with Crippen molar-refractivity contribution in [3.63, 3.8) is 0 Å². The smallest absolute Gasteiger partial charge is 0.416 e. The zero-order valence-corrected chi connectivity index (χ0v) is 11.8. The van der Waals surface area contributed by atoms with Crippen LogP contribution in [0.4, 0.5) is 13.2 Å². The van der Waals surface area contributed by atoms with Crippen LogP contribution in [0.3, 0.4) is 0 Å². The van der Waals surface area contributed by atoms with Crippen LogP contribution in [0.5, 0.6) is 5.75 Å². The molecule has 0 aliphatic rings. The maximum absolute atomic E-state index is 12.6. The van der Waals surface area contributed by atoms with Crippen LogP contribution in [-0.2, 0) is 12.8 Å². The minimum atomic E-state index is -4.44. The van der Waals surface area contributed by atoms with Gasteiger partial charge in [-0.05, 0) is 18.2 Å². The number of nitrogens with zero attached hydrogens (tertiary/aromatic N) is 2. The van der Waals surface area contributed by atoms with E-state index in [2.05, 4.69) is 4.98 Å². The second kappa shape index (κ2) is 6.08. The van der Waals surface area contributed by atoms with E-state index < -0.39 is 11.7 Å². The third-order valence-electron chi connectivity index (χ3n) is 2.70. The number of oxazole rings is 1. The number of aromatic nitrogens is 1. The summed E-state index contributed by atoms with van der Waals surface area (Å²) in [4.78, 5) is 16.9. The summed E-state index contributed by atoms with van der Waals surface area (Å²) in [7, 11) is 3.13. The van der Waals surface area contributed by atoms with Crippen LogP contribution >= 0.6 is 0 Å². The van der Waals surface area contributed by atoms with Gasteiger partial charge in [0.2, 0.25) is 5.89 Å². The van der Waals surface area contributed by atoms with Gasteiger partial charge in [-0.15, -0.1) is 0 Å². The molecule has 0 aliphatic heterocycles. The molecule has 0 N–H and O–H groups in total. The van der Waals surface area contributed by atoms with Gasteiger partial charge in [0.25, 0.3) is 5.91 Å². The summed E-state index contributed by atoms with van der Waals surface area (Å²) in [5.41, 5.74) is -0.700. The Morgan fingerprint density at radius 1 is 1.36 bits per heavy atom. The van der Waals surface area contributed by atoms with Crippen molar-refractivity contribution in [3.8, 4) is 5.75 Å². The zero-order chi connectivity index (χ0) is 16.3. The number of halogens is 3. The van der Waals surface area contributed by atoms with Crippen molar-refractivity contribution in [1.82, 2.24) is 9.88 Å².